The van der Waals surface area contributed by atoms with Gasteiger partial charge in [0.1, 0.15) is 6.54 Å². The Morgan fingerprint density at radius 2 is 2.50 bits per heavy atom. The van der Waals surface area contributed by atoms with Gasteiger partial charge in [0.2, 0.25) is 5.91 Å². The molecule has 0 aromatic carbocycles. The van der Waals surface area contributed by atoms with Gasteiger partial charge in [0.15, 0.2) is 0 Å². The van der Waals surface area contributed by atoms with Crippen molar-refractivity contribution < 1.29 is 4.79 Å². The molecule has 0 unspecified atom stereocenters. The second-order valence-electron chi connectivity index (χ2n) is 3.38. The van der Waals surface area contributed by atoms with E-state index < -0.39 is 0 Å². The van der Waals surface area contributed by atoms with Gasteiger partial charge in [-0.1, -0.05) is 0 Å². The van der Waals surface area contributed by atoms with Crippen molar-refractivity contribution >= 4 is 5.91 Å². The molecule has 0 fully saturated rings. The summed E-state index contributed by atoms with van der Waals surface area (Å²) >= 11 is 0. The van der Waals surface area contributed by atoms with Crippen LogP contribution in [0.5, 0.6) is 0 Å². The highest BCUT2D eigenvalue weighted by Gasteiger charge is 1.99. The van der Waals surface area contributed by atoms with Crippen molar-refractivity contribution in [3.05, 3.63) is 18.0 Å². The monoisotopic (exact) mass is 221 g/mol. The standard InChI is InChI=1S/C10H15N5O/c1-15-8-9(6-14-15)2-4-12-7-10(16)13-5-3-11/h6,8,12H,2,4-5,7H2,1H3,(H,13,16). The maximum Gasteiger partial charge on any atom is 0.234 e. The number of hydrogen-bond acceptors (Lipinski definition) is 4. The van der Waals surface area contributed by atoms with Crippen LogP contribution in [0.2, 0.25) is 0 Å². The summed E-state index contributed by atoms with van der Waals surface area (Å²) in [4.78, 5) is 11.1. The number of carbonyl (C=O) groups is 1. The number of amides is 1. The predicted octanol–water partition coefficient (Wildman–Crippen LogP) is -0.808. The van der Waals surface area contributed by atoms with Gasteiger partial charge < -0.3 is 10.6 Å². The Kier molecular flexibility index (Phi) is 5.02. The van der Waals surface area contributed by atoms with E-state index in [4.69, 9.17) is 5.26 Å². The Labute approximate surface area is 94.2 Å². The van der Waals surface area contributed by atoms with Crippen molar-refractivity contribution in [1.82, 2.24) is 20.4 Å². The lowest BCUT2D eigenvalue weighted by Gasteiger charge is -2.02. The smallest absolute Gasteiger partial charge is 0.234 e. The van der Waals surface area contributed by atoms with Crippen molar-refractivity contribution in [2.75, 3.05) is 19.6 Å². The maximum atomic E-state index is 11.1. The largest absolute Gasteiger partial charge is 0.342 e. The zero-order chi connectivity index (χ0) is 11.8. The molecule has 2 N–H and O–H groups in total. The third kappa shape index (κ3) is 4.57. The molecule has 0 aliphatic carbocycles. The Hall–Kier alpha value is -1.87. The molecule has 1 rings (SSSR count). The van der Waals surface area contributed by atoms with Crippen molar-refractivity contribution in [3.8, 4) is 6.07 Å². The highest BCUT2D eigenvalue weighted by Crippen LogP contribution is 1.95. The second-order valence-corrected chi connectivity index (χ2v) is 3.38. The van der Waals surface area contributed by atoms with Gasteiger partial charge in [-0.25, -0.2) is 0 Å². The van der Waals surface area contributed by atoms with Gasteiger partial charge in [0.05, 0.1) is 18.8 Å². The fourth-order valence-corrected chi connectivity index (χ4v) is 1.24. The minimum absolute atomic E-state index is 0.0586. The minimum Gasteiger partial charge on any atom is -0.342 e. The van der Waals surface area contributed by atoms with Crippen molar-refractivity contribution in [1.29, 1.82) is 5.26 Å². The molecule has 0 spiro atoms. The molecule has 1 amide bonds. The Morgan fingerprint density at radius 3 is 3.12 bits per heavy atom. The first kappa shape index (κ1) is 12.2. The van der Waals surface area contributed by atoms with Crippen LogP contribution in [0.4, 0.5) is 0 Å². The van der Waals surface area contributed by atoms with Crippen LogP contribution >= 0.6 is 0 Å². The van der Waals surface area contributed by atoms with Gasteiger partial charge in [-0.2, -0.15) is 10.4 Å². The van der Waals surface area contributed by atoms with E-state index in [-0.39, 0.29) is 19.0 Å². The van der Waals surface area contributed by atoms with Crippen LogP contribution in [0.3, 0.4) is 0 Å². The van der Waals surface area contributed by atoms with Gasteiger partial charge in [-0.05, 0) is 18.5 Å². The van der Waals surface area contributed by atoms with Gasteiger partial charge in [-0.15, -0.1) is 0 Å². The molecule has 0 aliphatic rings. The van der Waals surface area contributed by atoms with E-state index in [0.717, 1.165) is 12.0 Å². The zero-order valence-electron chi connectivity index (χ0n) is 9.23. The van der Waals surface area contributed by atoms with Crippen LogP contribution in [0, 0.1) is 11.3 Å². The van der Waals surface area contributed by atoms with Crippen LogP contribution in [0.1, 0.15) is 5.56 Å². The third-order valence-electron chi connectivity index (χ3n) is 2.00. The van der Waals surface area contributed by atoms with Crippen molar-refractivity contribution in [3.63, 3.8) is 0 Å². The summed E-state index contributed by atoms with van der Waals surface area (Å²) in [6.07, 6.45) is 4.58. The van der Waals surface area contributed by atoms with Crippen LogP contribution < -0.4 is 10.6 Å². The number of nitrogens with one attached hydrogen (secondary N) is 2. The number of nitriles is 1. The number of nitrogens with zero attached hydrogens (tertiary/aromatic N) is 3. The average molecular weight is 221 g/mol. The number of carbonyl (C=O) groups excluding carboxylic acids is 1. The number of aromatic nitrogens is 2. The second kappa shape index (κ2) is 6.58. The summed E-state index contributed by atoms with van der Waals surface area (Å²) in [5.41, 5.74) is 1.13. The van der Waals surface area contributed by atoms with Crippen LogP contribution in [-0.4, -0.2) is 35.3 Å². The molecular formula is C10H15N5O. The summed E-state index contributed by atoms with van der Waals surface area (Å²) in [6.45, 7) is 1.01. The lowest BCUT2D eigenvalue weighted by atomic mass is 10.2. The number of hydrogen-bond donors (Lipinski definition) is 2. The minimum atomic E-state index is -0.160. The number of rotatable bonds is 6. The van der Waals surface area contributed by atoms with Crippen molar-refractivity contribution in [2.24, 2.45) is 7.05 Å². The Morgan fingerprint density at radius 1 is 1.69 bits per heavy atom. The first-order valence-electron chi connectivity index (χ1n) is 5.04. The molecule has 0 saturated heterocycles. The molecule has 86 valence electrons. The molecule has 16 heavy (non-hydrogen) atoms. The number of aryl methyl sites for hydroxylation is 1. The van der Waals surface area contributed by atoms with Crippen LogP contribution in [-0.2, 0) is 18.3 Å². The lowest BCUT2D eigenvalue weighted by Crippen LogP contribution is -2.34. The maximum absolute atomic E-state index is 11.1. The van der Waals surface area contributed by atoms with Gasteiger partial charge in [-0.3, -0.25) is 9.48 Å². The molecule has 1 aromatic heterocycles. The first-order chi connectivity index (χ1) is 7.72. The summed E-state index contributed by atoms with van der Waals surface area (Å²) in [5.74, 6) is -0.160. The SMILES string of the molecule is Cn1cc(CCNCC(=O)NCC#N)cn1. The molecule has 0 aliphatic heterocycles. The Balaban J connectivity index is 2.08. The molecule has 1 aromatic rings. The molecule has 6 heteroatoms. The molecule has 0 atom stereocenters. The van der Waals surface area contributed by atoms with E-state index in [1.807, 2.05) is 19.3 Å². The topological polar surface area (TPSA) is 82.7 Å². The van der Waals surface area contributed by atoms with Gasteiger partial charge >= 0.3 is 0 Å². The summed E-state index contributed by atoms with van der Waals surface area (Å²) in [6, 6.07) is 1.85. The zero-order valence-corrected chi connectivity index (χ0v) is 9.23. The van der Waals surface area contributed by atoms with E-state index in [2.05, 4.69) is 15.7 Å². The summed E-state index contributed by atoms with van der Waals surface area (Å²) < 4.78 is 1.74. The lowest BCUT2D eigenvalue weighted by molar-refractivity contribution is -0.120. The molecular weight excluding hydrogens is 206 g/mol. The van der Waals surface area contributed by atoms with Gasteiger partial charge in [0.25, 0.3) is 0 Å². The fraction of sp³-hybridized carbons (Fsp3) is 0.500. The summed E-state index contributed by atoms with van der Waals surface area (Å²) in [7, 11) is 1.87. The molecule has 0 saturated carbocycles. The quantitative estimate of drug-likeness (QED) is 0.486. The van der Waals surface area contributed by atoms with E-state index in [1.165, 1.54) is 0 Å². The van der Waals surface area contributed by atoms with Gasteiger partial charge in [0, 0.05) is 13.2 Å². The predicted molar refractivity (Wildman–Crippen MR) is 58.4 cm³/mol. The van der Waals surface area contributed by atoms with E-state index in [0.29, 0.717) is 6.54 Å². The average Bonchev–Trinajstić information content (AvgIpc) is 2.67. The molecule has 1 heterocycles. The highest BCUT2D eigenvalue weighted by atomic mass is 16.1. The molecule has 0 radical (unpaired) electrons. The van der Waals surface area contributed by atoms with Crippen LogP contribution in [0.15, 0.2) is 12.4 Å². The first-order valence-corrected chi connectivity index (χ1v) is 5.04. The van der Waals surface area contributed by atoms with E-state index in [1.54, 1.807) is 10.9 Å². The highest BCUT2D eigenvalue weighted by molar-refractivity contribution is 5.78. The van der Waals surface area contributed by atoms with E-state index in [9.17, 15) is 4.79 Å². The summed E-state index contributed by atoms with van der Waals surface area (Å²) in [5, 5.41) is 17.7. The molecule has 6 nitrogen and oxygen atoms in total. The van der Waals surface area contributed by atoms with E-state index >= 15 is 0 Å². The Bertz CT molecular complexity index is 379. The molecule has 0 bridgehead atoms. The third-order valence-corrected chi connectivity index (χ3v) is 2.00. The van der Waals surface area contributed by atoms with Crippen LogP contribution in [0.25, 0.3) is 0 Å². The fourth-order valence-electron chi connectivity index (χ4n) is 1.24. The normalized spacial score (nSPS) is 9.75. The van der Waals surface area contributed by atoms with Crippen molar-refractivity contribution in [2.45, 2.75) is 6.42 Å².